The van der Waals surface area contributed by atoms with E-state index in [2.05, 4.69) is 35.7 Å². The molecule has 0 spiro atoms. The fourth-order valence-electron chi connectivity index (χ4n) is 2.11. The molecule has 0 saturated carbocycles. The minimum absolute atomic E-state index is 0.712. The van der Waals surface area contributed by atoms with Crippen LogP contribution < -0.4 is 5.73 Å². The highest BCUT2D eigenvalue weighted by atomic mass is 15.2. The molecular formula is C12H26N4. The van der Waals surface area contributed by atoms with Gasteiger partial charge in [0, 0.05) is 19.6 Å². The second kappa shape index (κ2) is 6.74. The molecule has 0 aliphatic carbocycles. The summed E-state index contributed by atoms with van der Waals surface area (Å²) in [5, 5.41) is 0. The van der Waals surface area contributed by atoms with Gasteiger partial charge >= 0.3 is 0 Å². The Hall–Kier alpha value is -0.770. The Morgan fingerprint density at radius 2 is 1.88 bits per heavy atom. The van der Waals surface area contributed by atoms with Gasteiger partial charge in [0.25, 0.3) is 0 Å². The highest BCUT2D eigenvalue weighted by Crippen LogP contribution is 2.15. The number of nitrogens with zero attached hydrogens (tertiary/aromatic N) is 3. The van der Waals surface area contributed by atoms with Crippen molar-refractivity contribution in [3.05, 3.63) is 0 Å². The molecule has 16 heavy (non-hydrogen) atoms. The van der Waals surface area contributed by atoms with Crippen molar-refractivity contribution >= 4 is 5.96 Å². The maximum absolute atomic E-state index is 5.95. The van der Waals surface area contributed by atoms with Crippen molar-refractivity contribution in [2.45, 2.75) is 26.7 Å². The molecule has 1 heterocycles. The molecule has 1 saturated heterocycles. The van der Waals surface area contributed by atoms with Crippen LogP contribution in [0.5, 0.6) is 0 Å². The van der Waals surface area contributed by atoms with E-state index in [0.717, 1.165) is 25.6 Å². The van der Waals surface area contributed by atoms with Crippen molar-refractivity contribution in [1.29, 1.82) is 0 Å². The van der Waals surface area contributed by atoms with Gasteiger partial charge in [-0.3, -0.25) is 4.99 Å². The molecule has 0 aromatic carbocycles. The standard InChI is InChI=1S/C12H26N4/c1-4-16(5-2)12(13)14-10-11-6-8-15(3)9-7-11/h11H,4-10H2,1-3H3,(H2,13,14). The Kier molecular flexibility index (Phi) is 5.60. The molecule has 0 amide bonds. The smallest absolute Gasteiger partial charge is 0.191 e. The second-order valence-electron chi connectivity index (χ2n) is 4.62. The molecule has 1 fully saturated rings. The maximum Gasteiger partial charge on any atom is 0.191 e. The Morgan fingerprint density at radius 1 is 1.31 bits per heavy atom. The van der Waals surface area contributed by atoms with Crippen LogP contribution in [0.1, 0.15) is 26.7 Å². The number of rotatable bonds is 4. The molecule has 1 aliphatic rings. The molecule has 2 N–H and O–H groups in total. The maximum atomic E-state index is 5.95. The zero-order valence-corrected chi connectivity index (χ0v) is 10.9. The minimum atomic E-state index is 0.712. The molecule has 1 rings (SSSR count). The second-order valence-corrected chi connectivity index (χ2v) is 4.62. The van der Waals surface area contributed by atoms with Gasteiger partial charge in [0.2, 0.25) is 0 Å². The highest BCUT2D eigenvalue weighted by Gasteiger charge is 2.16. The summed E-state index contributed by atoms with van der Waals surface area (Å²) >= 11 is 0. The van der Waals surface area contributed by atoms with Crippen LogP contribution in [-0.4, -0.2) is 55.5 Å². The molecule has 4 nitrogen and oxygen atoms in total. The molecular weight excluding hydrogens is 200 g/mol. The number of hydrogen-bond donors (Lipinski definition) is 1. The zero-order valence-electron chi connectivity index (χ0n) is 10.9. The van der Waals surface area contributed by atoms with E-state index in [4.69, 9.17) is 5.73 Å². The van der Waals surface area contributed by atoms with Crippen LogP contribution in [0.15, 0.2) is 4.99 Å². The Bertz CT molecular complexity index is 215. The van der Waals surface area contributed by atoms with Crippen molar-refractivity contribution in [3.8, 4) is 0 Å². The van der Waals surface area contributed by atoms with Crippen LogP contribution in [0.25, 0.3) is 0 Å². The number of likely N-dealkylation sites (tertiary alicyclic amines) is 1. The van der Waals surface area contributed by atoms with E-state index in [9.17, 15) is 0 Å². The lowest BCUT2D eigenvalue weighted by molar-refractivity contribution is 0.223. The van der Waals surface area contributed by atoms with Gasteiger partial charge < -0.3 is 15.5 Å². The van der Waals surface area contributed by atoms with E-state index in [-0.39, 0.29) is 0 Å². The van der Waals surface area contributed by atoms with Gasteiger partial charge in [0.15, 0.2) is 5.96 Å². The fraction of sp³-hybridized carbons (Fsp3) is 0.917. The van der Waals surface area contributed by atoms with E-state index in [1.165, 1.54) is 25.9 Å². The van der Waals surface area contributed by atoms with Gasteiger partial charge in [-0.15, -0.1) is 0 Å². The molecule has 0 atom stereocenters. The third-order valence-electron chi connectivity index (χ3n) is 3.44. The van der Waals surface area contributed by atoms with Crippen LogP contribution >= 0.6 is 0 Å². The van der Waals surface area contributed by atoms with Crippen molar-refractivity contribution < 1.29 is 0 Å². The average molecular weight is 226 g/mol. The first-order valence-corrected chi connectivity index (χ1v) is 6.40. The van der Waals surface area contributed by atoms with E-state index in [0.29, 0.717) is 5.96 Å². The molecule has 4 heteroatoms. The first-order valence-electron chi connectivity index (χ1n) is 6.40. The first kappa shape index (κ1) is 13.3. The van der Waals surface area contributed by atoms with Crippen molar-refractivity contribution in [1.82, 2.24) is 9.80 Å². The molecule has 1 aliphatic heterocycles. The lowest BCUT2D eigenvalue weighted by Crippen LogP contribution is -2.38. The zero-order chi connectivity index (χ0) is 12.0. The number of piperidine rings is 1. The highest BCUT2D eigenvalue weighted by molar-refractivity contribution is 5.77. The van der Waals surface area contributed by atoms with Gasteiger partial charge in [0.05, 0.1) is 0 Å². The van der Waals surface area contributed by atoms with Gasteiger partial charge in [-0.2, -0.15) is 0 Å². The summed E-state index contributed by atoms with van der Waals surface area (Å²) in [6.45, 7) is 9.41. The molecule has 94 valence electrons. The summed E-state index contributed by atoms with van der Waals surface area (Å²) in [5.74, 6) is 1.44. The molecule has 0 radical (unpaired) electrons. The monoisotopic (exact) mass is 226 g/mol. The summed E-state index contributed by atoms with van der Waals surface area (Å²) in [7, 11) is 2.18. The summed E-state index contributed by atoms with van der Waals surface area (Å²) in [6.07, 6.45) is 2.51. The third kappa shape index (κ3) is 4.00. The van der Waals surface area contributed by atoms with Crippen LogP contribution in [0.2, 0.25) is 0 Å². The van der Waals surface area contributed by atoms with Gasteiger partial charge in [-0.05, 0) is 52.7 Å². The van der Waals surface area contributed by atoms with Crippen molar-refractivity contribution in [2.24, 2.45) is 16.6 Å². The topological polar surface area (TPSA) is 44.9 Å². The summed E-state index contributed by atoms with van der Waals surface area (Å²) in [5.41, 5.74) is 5.95. The lowest BCUT2D eigenvalue weighted by atomic mass is 9.97. The Balaban J connectivity index is 2.34. The molecule has 0 aromatic heterocycles. The fourth-order valence-corrected chi connectivity index (χ4v) is 2.11. The minimum Gasteiger partial charge on any atom is -0.370 e. The van der Waals surface area contributed by atoms with E-state index < -0.39 is 0 Å². The van der Waals surface area contributed by atoms with E-state index in [1.807, 2.05) is 0 Å². The van der Waals surface area contributed by atoms with Crippen molar-refractivity contribution in [2.75, 3.05) is 39.8 Å². The number of hydrogen-bond acceptors (Lipinski definition) is 2. The normalized spacial score (nSPS) is 20.1. The predicted molar refractivity (Wildman–Crippen MR) is 69.6 cm³/mol. The van der Waals surface area contributed by atoms with E-state index >= 15 is 0 Å². The van der Waals surface area contributed by atoms with Gasteiger partial charge in [0.1, 0.15) is 0 Å². The summed E-state index contributed by atoms with van der Waals surface area (Å²) in [6, 6.07) is 0. The molecule has 0 unspecified atom stereocenters. The molecule has 0 bridgehead atoms. The molecule has 0 aromatic rings. The third-order valence-corrected chi connectivity index (χ3v) is 3.44. The Morgan fingerprint density at radius 3 is 2.38 bits per heavy atom. The average Bonchev–Trinajstić information content (AvgIpc) is 2.30. The largest absolute Gasteiger partial charge is 0.370 e. The van der Waals surface area contributed by atoms with Gasteiger partial charge in [-0.1, -0.05) is 0 Å². The summed E-state index contributed by atoms with van der Waals surface area (Å²) in [4.78, 5) is 9.01. The SMILES string of the molecule is CCN(CC)C(N)=NCC1CCN(C)CC1. The van der Waals surface area contributed by atoms with Crippen LogP contribution in [0.3, 0.4) is 0 Å². The predicted octanol–water partition coefficient (Wildman–Crippen LogP) is 0.985. The summed E-state index contributed by atoms with van der Waals surface area (Å²) < 4.78 is 0. The van der Waals surface area contributed by atoms with Crippen LogP contribution in [-0.2, 0) is 0 Å². The quantitative estimate of drug-likeness (QED) is 0.574. The number of aliphatic imine (C=N–C) groups is 1. The van der Waals surface area contributed by atoms with Crippen LogP contribution in [0.4, 0.5) is 0 Å². The van der Waals surface area contributed by atoms with Crippen molar-refractivity contribution in [3.63, 3.8) is 0 Å². The number of nitrogens with two attached hydrogens (primary N) is 1. The van der Waals surface area contributed by atoms with Gasteiger partial charge in [-0.25, -0.2) is 0 Å². The number of guanidine groups is 1. The Labute approximate surface area is 99.5 Å². The van der Waals surface area contributed by atoms with E-state index in [1.54, 1.807) is 0 Å². The van der Waals surface area contributed by atoms with Crippen LogP contribution in [0, 0.1) is 5.92 Å². The lowest BCUT2D eigenvalue weighted by Gasteiger charge is -2.28. The first-order chi connectivity index (χ1) is 7.67.